The minimum atomic E-state index is -0.364. The van der Waals surface area contributed by atoms with Crippen LogP contribution >= 0.6 is 11.6 Å². The number of nitrogens with one attached hydrogen (secondary N) is 1. The van der Waals surface area contributed by atoms with Gasteiger partial charge in [-0.1, -0.05) is 48.0 Å². The summed E-state index contributed by atoms with van der Waals surface area (Å²) in [7, 11) is 0. The molecule has 4 nitrogen and oxygen atoms in total. The highest BCUT2D eigenvalue weighted by atomic mass is 35.5. The predicted octanol–water partition coefficient (Wildman–Crippen LogP) is 3.53. The van der Waals surface area contributed by atoms with Gasteiger partial charge in [-0.2, -0.15) is 0 Å². The second-order valence-corrected chi connectivity index (χ2v) is 6.06. The minimum Gasteiger partial charge on any atom is -0.352 e. The Morgan fingerprint density at radius 1 is 1.08 bits per heavy atom. The van der Waals surface area contributed by atoms with Crippen LogP contribution in [-0.2, 0) is 22.7 Å². The number of amides is 2. The van der Waals surface area contributed by atoms with E-state index in [-0.39, 0.29) is 37.1 Å². The zero-order chi connectivity index (χ0) is 18.2. The number of rotatable bonds is 7. The van der Waals surface area contributed by atoms with Crippen molar-refractivity contribution in [2.45, 2.75) is 26.4 Å². The van der Waals surface area contributed by atoms with E-state index in [0.717, 1.165) is 5.56 Å². The molecule has 1 N–H and O–H groups in total. The Balaban J connectivity index is 1.86. The van der Waals surface area contributed by atoms with Crippen molar-refractivity contribution >= 4 is 23.4 Å². The molecular weight excluding hydrogens is 343 g/mol. The van der Waals surface area contributed by atoms with Gasteiger partial charge in [0.1, 0.15) is 5.82 Å². The number of hydrogen-bond donors (Lipinski definition) is 1. The summed E-state index contributed by atoms with van der Waals surface area (Å²) in [6.07, 6.45) is 0.137. The van der Waals surface area contributed by atoms with Crippen LogP contribution in [0.2, 0.25) is 5.02 Å². The van der Waals surface area contributed by atoms with E-state index in [2.05, 4.69) is 5.32 Å². The molecule has 2 aromatic carbocycles. The summed E-state index contributed by atoms with van der Waals surface area (Å²) in [5.74, 6) is -0.765. The molecule has 0 fully saturated rings. The maximum atomic E-state index is 13.7. The zero-order valence-electron chi connectivity index (χ0n) is 14.0. The quantitative estimate of drug-likeness (QED) is 0.819. The van der Waals surface area contributed by atoms with Gasteiger partial charge in [0.15, 0.2) is 0 Å². The third-order valence-electron chi connectivity index (χ3n) is 3.81. The van der Waals surface area contributed by atoms with Crippen molar-refractivity contribution in [3.63, 3.8) is 0 Å². The van der Waals surface area contributed by atoms with Gasteiger partial charge in [-0.3, -0.25) is 9.59 Å². The summed E-state index contributed by atoms with van der Waals surface area (Å²) >= 11 is 6.04. The molecule has 0 spiro atoms. The largest absolute Gasteiger partial charge is 0.352 e. The van der Waals surface area contributed by atoms with Crippen molar-refractivity contribution in [3.05, 3.63) is 70.5 Å². The van der Waals surface area contributed by atoms with Crippen molar-refractivity contribution in [2.75, 3.05) is 6.54 Å². The topological polar surface area (TPSA) is 49.4 Å². The van der Waals surface area contributed by atoms with Gasteiger partial charge in [0, 0.05) is 43.6 Å². The SMILES string of the molecule is CC(=O)N(CCC(=O)NCc1ccccc1Cl)Cc1ccccc1F. The van der Waals surface area contributed by atoms with Crippen molar-refractivity contribution in [3.8, 4) is 0 Å². The van der Waals surface area contributed by atoms with Crippen molar-refractivity contribution in [1.29, 1.82) is 0 Å². The summed E-state index contributed by atoms with van der Waals surface area (Å²) in [6.45, 7) is 2.09. The number of carbonyl (C=O) groups is 2. The Morgan fingerprint density at radius 2 is 1.72 bits per heavy atom. The highest BCUT2D eigenvalue weighted by Crippen LogP contribution is 2.14. The third kappa shape index (κ3) is 5.87. The molecule has 6 heteroatoms. The molecule has 0 unspecified atom stereocenters. The number of nitrogens with zero attached hydrogens (tertiary/aromatic N) is 1. The summed E-state index contributed by atoms with van der Waals surface area (Å²) in [5.41, 5.74) is 1.25. The Hall–Kier alpha value is -2.40. The van der Waals surface area contributed by atoms with Gasteiger partial charge in [0.25, 0.3) is 0 Å². The Labute approximate surface area is 151 Å². The first-order chi connectivity index (χ1) is 12.0. The average molecular weight is 363 g/mol. The number of benzene rings is 2. The smallest absolute Gasteiger partial charge is 0.222 e. The average Bonchev–Trinajstić information content (AvgIpc) is 2.59. The molecule has 25 heavy (non-hydrogen) atoms. The molecule has 0 radical (unpaired) electrons. The van der Waals surface area contributed by atoms with Gasteiger partial charge in [-0.05, 0) is 17.7 Å². The highest BCUT2D eigenvalue weighted by molar-refractivity contribution is 6.31. The van der Waals surface area contributed by atoms with Gasteiger partial charge in [0.2, 0.25) is 11.8 Å². The fourth-order valence-corrected chi connectivity index (χ4v) is 2.54. The van der Waals surface area contributed by atoms with Gasteiger partial charge in [-0.15, -0.1) is 0 Å². The molecule has 0 aliphatic carbocycles. The van der Waals surface area contributed by atoms with Crippen LogP contribution in [0.1, 0.15) is 24.5 Å². The lowest BCUT2D eigenvalue weighted by atomic mass is 10.2. The summed E-state index contributed by atoms with van der Waals surface area (Å²) < 4.78 is 13.7. The standard InChI is InChI=1S/C19H20ClFN2O2/c1-14(24)23(13-16-7-3-5-9-18(16)21)11-10-19(25)22-12-15-6-2-4-8-17(15)20/h2-9H,10-13H2,1H3,(H,22,25). The summed E-state index contributed by atoms with van der Waals surface area (Å²) in [5, 5.41) is 3.36. The van der Waals surface area contributed by atoms with Crippen LogP contribution in [0.25, 0.3) is 0 Å². The molecule has 132 valence electrons. The van der Waals surface area contributed by atoms with Crippen molar-refractivity contribution in [1.82, 2.24) is 10.2 Å². The number of carbonyl (C=O) groups excluding carboxylic acids is 2. The molecule has 0 aliphatic rings. The lowest BCUT2D eigenvalue weighted by Crippen LogP contribution is -2.33. The van der Waals surface area contributed by atoms with Crippen LogP contribution in [0.15, 0.2) is 48.5 Å². The fourth-order valence-electron chi connectivity index (χ4n) is 2.34. The summed E-state index contributed by atoms with van der Waals surface area (Å²) in [4.78, 5) is 25.2. The molecular formula is C19H20ClFN2O2. The van der Waals surface area contributed by atoms with Crippen molar-refractivity contribution in [2.24, 2.45) is 0 Å². The van der Waals surface area contributed by atoms with Crippen LogP contribution < -0.4 is 5.32 Å². The maximum Gasteiger partial charge on any atom is 0.222 e. The van der Waals surface area contributed by atoms with Crippen LogP contribution in [0.3, 0.4) is 0 Å². The molecule has 2 rings (SSSR count). The first kappa shape index (κ1) is 18.9. The molecule has 0 atom stereocenters. The molecule has 0 bridgehead atoms. The highest BCUT2D eigenvalue weighted by Gasteiger charge is 2.14. The maximum absolute atomic E-state index is 13.7. The van der Waals surface area contributed by atoms with E-state index in [9.17, 15) is 14.0 Å². The van der Waals surface area contributed by atoms with E-state index in [0.29, 0.717) is 17.1 Å². The molecule has 2 aromatic rings. The van der Waals surface area contributed by atoms with Crippen LogP contribution in [0.5, 0.6) is 0 Å². The van der Waals surface area contributed by atoms with E-state index in [1.54, 1.807) is 24.3 Å². The van der Waals surface area contributed by atoms with Gasteiger partial charge >= 0.3 is 0 Å². The second kappa shape index (κ2) is 9.18. The van der Waals surface area contributed by atoms with E-state index >= 15 is 0 Å². The van der Waals surface area contributed by atoms with Gasteiger partial charge in [0.05, 0.1) is 0 Å². The molecule has 2 amide bonds. The lowest BCUT2D eigenvalue weighted by Gasteiger charge is -2.21. The Bertz CT molecular complexity index is 752. The lowest BCUT2D eigenvalue weighted by molar-refractivity contribution is -0.130. The van der Waals surface area contributed by atoms with Crippen LogP contribution in [-0.4, -0.2) is 23.3 Å². The first-order valence-electron chi connectivity index (χ1n) is 7.96. The van der Waals surface area contributed by atoms with E-state index < -0.39 is 0 Å². The molecule has 0 aromatic heterocycles. The Kier molecular flexibility index (Phi) is 6.95. The second-order valence-electron chi connectivity index (χ2n) is 5.65. The van der Waals surface area contributed by atoms with E-state index in [4.69, 9.17) is 11.6 Å². The monoisotopic (exact) mass is 362 g/mol. The van der Waals surface area contributed by atoms with Crippen LogP contribution in [0, 0.1) is 5.82 Å². The molecule has 0 saturated heterocycles. The predicted molar refractivity (Wildman–Crippen MR) is 95.4 cm³/mol. The minimum absolute atomic E-state index is 0.137. The number of halogens is 2. The Morgan fingerprint density at radius 3 is 2.36 bits per heavy atom. The summed E-state index contributed by atoms with van der Waals surface area (Å²) in [6, 6.07) is 13.6. The van der Waals surface area contributed by atoms with Crippen molar-refractivity contribution < 1.29 is 14.0 Å². The third-order valence-corrected chi connectivity index (χ3v) is 4.18. The van der Waals surface area contributed by atoms with Crippen LogP contribution in [0.4, 0.5) is 4.39 Å². The van der Waals surface area contributed by atoms with E-state index in [1.807, 2.05) is 18.2 Å². The fraction of sp³-hybridized carbons (Fsp3) is 0.263. The molecule has 0 heterocycles. The zero-order valence-corrected chi connectivity index (χ0v) is 14.7. The van der Waals surface area contributed by atoms with Gasteiger partial charge < -0.3 is 10.2 Å². The molecule has 0 saturated carbocycles. The van der Waals surface area contributed by atoms with E-state index in [1.165, 1.54) is 17.9 Å². The normalized spacial score (nSPS) is 10.4. The molecule has 0 aliphatic heterocycles. The first-order valence-corrected chi connectivity index (χ1v) is 8.34. The van der Waals surface area contributed by atoms with Gasteiger partial charge in [-0.25, -0.2) is 4.39 Å². The number of hydrogen-bond acceptors (Lipinski definition) is 2.